The van der Waals surface area contributed by atoms with Crippen molar-refractivity contribution in [3.8, 4) is 0 Å². The topological polar surface area (TPSA) is 0 Å². The molecular weight excluding hydrogens is 312 g/mol. The van der Waals surface area contributed by atoms with Crippen molar-refractivity contribution in [1.82, 2.24) is 0 Å². The Bertz CT molecular complexity index is 403. The maximum Gasteiger partial charge on any atom is -0.0159 e. The first kappa shape index (κ1) is 25.2. The number of hydrogen-bond donors (Lipinski definition) is 0. The third-order valence-electron chi connectivity index (χ3n) is 5.67. The zero-order chi connectivity index (χ0) is 19.8. The first-order valence-corrected chi connectivity index (χ1v) is 11.6. The van der Waals surface area contributed by atoms with E-state index in [-0.39, 0.29) is 0 Å². The first-order chi connectivity index (χ1) is 12.6. The Balaban J connectivity index is 0.00000194. The zero-order valence-corrected chi connectivity index (χ0v) is 19.1. The van der Waals surface area contributed by atoms with Crippen molar-refractivity contribution in [1.29, 1.82) is 0 Å². The van der Waals surface area contributed by atoms with Gasteiger partial charge in [0.15, 0.2) is 0 Å². The van der Waals surface area contributed by atoms with E-state index in [1.165, 1.54) is 69.8 Å². The molecule has 0 amide bonds. The highest BCUT2D eigenvalue weighted by molar-refractivity contribution is 5.24. The highest BCUT2D eigenvalue weighted by atomic mass is 14.3. The van der Waals surface area contributed by atoms with Gasteiger partial charge in [-0.3, -0.25) is 0 Å². The molecule has 0 aromatic heterocycles. The van der Waals surface area contributed by atoms with Gasteiger partial charge in [0.2, 0.25) is 0 Å². The van der Waals surface area contributed by atoms with Crippen molar-refractivity contribution in [2.75, 3.05) is 0 Å². The molecule has 0 saturated heterocycles. The van der Waals surface area contributed by atoms with Crippen molar-refractivity contribution in [2.24, 2.45) is 11.8 Å². The van der Waals surface area contributed by atoms with Gasteiger partial charge in [-0.1, -0.05) is 123 Å². The Labute approximate surface area is 166 Å². The molecule has 0 spiro atoms. The summed E-state index contributed by atoms with van der Waals surface area (Å²) in [4.78, 5) is 0. The fourth-order valence-corrected chi connectivity index (χ4v) is 4.10. The molecule has 1 rings (SSSR count). The van der Waals surface area contributed by atoms with Gasteiger partial charge in [0, 0.05) is 0 Å². The summed E-state index contributed by atoms with van der Waals surface area (Å²) < 4.78 is 0. The summed E-state index contributed by atoms with van der Waals surface area (Å²) in [5, 5.41) is 0. The molecule has 0 radical (unpaired) electrons. The standard InChI is InChI=1S/C23H40.C3H8/c1-6-10-11-13-20(8-3)21(9-4)18-23(12-7-2)22-16-14-19(5)15-17-22;1-3-2/h14-17,20-21,23H,6-13,18H2,1-5H3;3H2,1-2H3. The number of unbranched alkanes of at least 4 members (excludes halogenated alkanes) is 2. The van der Waals surface area contributed by atoms with E-state index in [0.29, 0.717) is 0 Å². The molecule has 0 heterocycles. The largest absolute Gasteiger partial charge is 0.0656 e. The van der Waals surface area contributed by atoms with Gasteiger partial charge in [-0.2, -0.15) is 0 Å². The molecule has 1 aromatic rings. The summed E-state index contributed by atoms with van der Waals surface area (Å²) >= 11 is 0. The molecule has 0 N–H and O–H groups in total. The van der Waals surface area contributed by atoms with Crippen LogP contribution in [0.5, 0.6) is 0 Å². The van der Waals surface area contributed by atoms with E-state index in [1.54, 1.807) is 5.56 Å². The fraction of sp³-hybridized carbons (Fsp3) is 0.769. The van der Waals surface area contributed by atoms with Crippen LogP contribution in [-0.2, 0) is 0 Å². The van der Waals surface area contributed by atoms with Crippen LogP contribution in [0.3, 0.4) is 0 Å². The quantitative estimate of drug-likeness (QED) is 0.326. The van der Waals surface area contributed by atoms with E-state index in [2.05, 4.69) is 72.7 Å². The second-order valence-electron chi connectivity index (χ2n) is 8.17. The van der Waals surface area contributed by atoms with Crippen LogP contribution in [0.1, 0.15) is 123 Å². The van der Waals surface area contributed by atoms with Gasteiger partial charge in [-0.15, -0.1) is 0 Å². The SMILES string of the molecule is CCC.CCCCCC(CC)C(CC)CC(CCC)c1ccc(C)cc1. The van der Waals surface area contributed by atoms with Crippen molar-refractivity contribution < 1.29 is 0 Å². The van der Waals surface area contributed by atoms with Crippen LogP contribution in [0.2, 0.25) is 0 Å². The van der Waals surface area contributed by atoms with Gasteiger partial charge in [-0.25, -0.2) is 0 Å². The maximum atomic E-state index is 2.41. The third-order valence-corrected chi connectivity index (χ3v) is 5.67. The number of hydrogen-bond acceptors (Lipinski definition) is 0. The molecule has 0 bridgehead atoms. The molecule has 3 unspecified atom stereocenters. The van der Waals surface area contributed by atoms with Crippen LogP contribution in [0.25, 0.3) is 0 Å². The highest BCUT2D eigenvalue weighted by Crippen LogP contribution is 2.36. The first-order valence-electron chi connectivity index (χ1n) is 11.6. The minimum Gasteiger partial charge on any atom is -0.0656 e. The predicted octanol–water partition coefficient (Wildman–Crippen LogP) is 9.32. The average Bonchev–Trinajstić information content (AvgIpc) is 2.64. The monoisotopic (exact) mass is 360 g/mol. The highest BCUT2D eigenvalue weighted by Gasteiger charge is 2.22. The van der Waals surface area contributed by atoms with E-state index >= 15 is 0 Å². The average molecular weight is 361 g/mol. The van der Waals surface area contributed by atoms with Gasteiger partial charge in [0.1, 0.15) is 0 Å². The van der Waals surface area contributed by atoms with Gasteiger partial charge < -0.3 is 0 Å². The Hall–Kier alpha value is -0.780. The van der Waals surface area contributed by atoms with Gasteiger partial charge in [-0.05, 0) is 43.1 Å². The minimum atomic E-state index is 0.755. The van der Waals surface area contributed by atoms with Crippen LogP contribution in [0, 0.1) is 18.8 Å². The Morgan fingerprint density at radius 2 is 1.27 bits per heavy atom. The molecule has 0 aliphatic carbocycles. The summed E-state index contributed by atoms with van der Waals surface area (Å²) in [6.07, 6.45) is 13.6. The molecule has 0 aliphatic heterocycles. The van der Waals surface area contributed by atoms with E-state index in [4.69, 9.17) is 0 Å². The van der Waals surface area contributed by atoms with Crippen molar-refractivity contribution in [3.63, 3.8) is 0 Å². The number of rotatable bonds is 12. The fourth-order valence-electron chi connectivity index (χ4n) is 4.10. The van der Waals surface area contributed by atoms with E-state index in [9.17, 15) is 0 Å². The minimum absolute atomic E-state index is 0.755. The summed E-state index contributed by atoms with van der Waals surface area (Å²) in [6.45, 7) is 15.9. The molecule has 3 atom stereocenters. The summed E-state index contributed by atoms with van der Waals surface area (Å²) in [5.41, 5.74) is 2.95. The zero-order valence-electron chi connectivity index (χ0n) is 19.1. The summed E-state index contributed by atoms with van der Waals surface area (Å²) in [5.74, 6) is 2.58. The lowest BCUT2D eigenvalue weighted by molar-refractivity contribution is 0.252. The normalized spacial score (nSPS) is 14.3. The molecule has 0 fully saturated rings. The van der Waals surface area contributed by atoms with Crippen molar-refractivity contribution >= 4 is 0 Å². The van der Waals surface area contributed by atoms with Gasteiger partial charge in [0.05, 0.1) is 0 Å². The van der Waals surface area contributed by atoms with E-state index in [1.807, 2.05) is 0 Å². The van der Waals surface area contributed by atoms with E-state index in [0.717, 1.165) is 17.8 Å². The molecule has 1 aromatic carbocycles. The second-order valence-corrected chi connectivity index (χ2v) is 8.17. The van der Waals surface area contributed by atoms with Gasteiger partial charge >= 0.3 is 0 Å². The maximum absolute atomic E-state index is 2.41. The predicted molar refractivity (Wildman–Crippen MR) is 121 cm³/mol. The Morgan fingerprint density at radius 3 is 1.73 bits per heavy atom. The molecule has 0 heteroatoms. The molecule has 26 heavy (non-hydrogen) atoms. The van der Waals surface area contributed by atoms with Crippen molar-refractivity contribution in [3.05, 3.63) is 35.4 Å². The smallest absolute Gasteiger partial charge is 0.0159 e. The van der Waals surface area contributed by atoms with Crippen LogP contribution in [0.15, 0.2) is 24.3 Å². The lowest BCUT2D eigenvalue weighted by Crippen LogP contribution is -2.17. The van der Waals surface area contributed by atoms with Gasteiger partial charge in [0.25, 0.3) is 0 Å². The number of benzene rings is 1. The second kappa shape index (κ2) is 16.4. The number of aryl methyl sites for hydroxylation is 1. The molecule has 0 nitrogen and oxygen atoms in total. The lowest BCUT2D eigenvalue weighted by Gasteiger charge is -2.29. The summed E-state index contributed by atoms with van der Waals surface area (Å²) in [7, 11) is 0. The molecule has 152 valence electrons. The molecular formula is C26H48. The third kappa shape index (κ3) is 10.4. The molecule has 0 aliphatic rings. The lowest BCUT2D eigenvalue weighted by atomic mass is 9.76. The van der Waals surface area contributed by atoms with Crippen molar-refractivity contribution in [2.45, 2.75) is 119 Å². The Kier molecular flexibility index (Phi) is 15.9. The van der Waals surface area contributed by atoms with Crippen LogP contribution >= 0.6 is 0 Å². The van der Waals surface area contributed by atoms with Crippen LogP contribution < -0.4 is 0 Å². The van der Waals surface area contributed by atoms with Crippen LogP contribution in [0.4, 0.5) is 0 Å². The summed E-state index contributed by atoms with van der Waals surface area (Å²) in [6, 6.07) is 9.33. The molecule has 0 saturated carbocycles. The van der Waals surface area contributed by atoms with E-state index < -0.39 is 0 Å². The Morgan fingerprint density at radius 1 is 0.692 bits per heavy atom. The van der Waals surface area contributed by atoms with Crippen LogP contribution in [-0.4, -0.2) is 0 Å².